The Morgan fingerprint density at radius 1 is 1.19 bits per heavy atom. The van der Waals surface area contributed by atoms with Gasteiger partial charge in [-0.25, -0.2) is 0 Å². The highest BCUT2D eigenvalue weighted by Crippen LogP contribution is 2.32. The van der Waals surface area contributed by atoms with Crippen LogP contribution in [-0.2, 0) is 6.42 Å². The van der Waals surface area contributed by atoms with Gasteiger partial charge in [-0.1, -0.05) is 42.8 Å². The number of benzene rings is 1. The molecule has 0 nitrogen and oxygen atoms in total. The van der Waals surface area contributed by atoms with Gasteiger partial charge in [-0.15, -0.1) is 6.58 Å². The van der Waals surface area contributed by atoms with Crippen molar-refractivity contribution in [1.82, 2.24) is 0 Å². The topological polar surface area (TPSA) is 0 Å². The third kappa shape index (κ3) is 3.10. The van der Waals surface area contributed by atoms with Gasteiger partial charge < -0.3 is 0 Å². The molecule has 2 rings (SSSR count). The smallest absolute Gasteiger partial charge is 0.00578 e. The maximum atomic E-state index is 3.36. The first-order valence-corrected chi connectivity index (χ1v) is 5.43. The molecule has 0 N–H and O–H groups in total. The zero-order valence-corrected chi connectivity index (χ0v) is 10.2. The summed E-state index contributed by atoms with van der Waals surface area (Å²) in [5.41, 5.74) is 7.33. The Bertz CT molecular complexity index is 394. The molecule has 0 aromatic heterocycles. The molecule has 0 aliphatic heterocycles. The third-order valence-corrected chi connectivity index (χ3v) is 2.76. The van der Waals surface area contributed by atoms with E-state index < -0.39 is 0 Å². The van der Waals surface area contributed by atoms with E-state index in [2.05, 4.69) is 45.5 Å². The first kappa shape index (κ1) is 14.7. The Hall–Kier alpha value is -1.30. The molecule has 88 valence electrons. The van der Waals surface area contributed by atoms with E-state index in [0.29, 0.717) is 0 Å². The van der Waals surface area contributed by atoms with Crippen molar-refractivity contribution in [2.24, 2.45) is 0 Å². The van der Waals surface area contributed by atoms with Crippen molar-refractivity contribution in [3.05, 3.63) is 53.1 Å². The van der Waals surface area contributed by atoms with E-state index >= 15 is 0 Å². The fourth-order valence-electron chi connectivity index (χ4n) is 1.88. The van der Waals surface area contributed by atoms with Crippen LogP contribution in [0.3, 0.4) is 0 Å². The van der Waals surface area contributed by atoms with Crippen molar-refractivity contribution in [3.8, 4) is 0 Å². The standard InChI is InChI=1S/C12H14.C3H6.CH4/c1-8-4-5-12-10(3)9(2)7-11(12)6-8;1-3-2;/h4-6H,7H2,1-3H3;3H,1H2,2H3;1H4. The summed E-state index contributed by atoms with van der Waals surface area (Å²) < 4.78 is 0. The zero-order valence-electron chi connectivity index (χ0n) is 10.2. The van der Waals surface area contributed by atoms with Crippen LogP contribution in [0.4, 0.5) is 0 Å². The number of allylic oxidation sites excluding steroid dienone is 3. The summed E-state index contributed by atoms with van der Waals surface area (Å²) in [4.78, 5) is 0. The number of hydrogen-bond donors (Lipinski definition) is 0. The van der Waals surface area contributed by atoms with Crippen molar-refractivity contribution in [2.45, 2.75) is 41.5 Å². The van der Waals surface area contributed by atoms with Crippen LogP contribution in [0, 0.1) is 6.92 Å². The highest BCUT2D eigenvalue weighted by atomic mass is 14.2. The quantitative estimate of drug-likeness (QED) is 0.525. The normalized spacial score (nSPS) is 12.2. The van der Waals surface area contributed by atoms with Crippen molar-refractivity contribution in [3.63, 3.8) is 0 Å². The molecule has 0 heteroatoms. The molecular formula is C16H24. The lowest BCUT2D eigenvalue weighted by molar-refractivity contribution is 1.18. The summed E-state index contributed by atoms with van der Waals surface area (Å²) in [6.45, 7) is 11.9. The fourth-order valence-corrected chi connectivity index (χ4v) is 1.88. The van der Waals surface area contributed by atoms with Crippen LogP contribution < -0.4 is 0 Å². The third-order valence-electron chi connectivity index (χ3n) is 2.76. The second-order valence-electron chi connectivity index (χ2n) is 4.15. The van der Waals surface area contributed by atoms with Crippen molar-refractivity contribution in [2.75, 3.05) is 0 Å². The summed E-state index contributed by atoms with van der Waals surface area (Å²) in [6.07, 6.45) is 2.91. The minimum absolute atomic E-state index is 0. The highest BCUT2D eigenvalue weighted by molar-refractivity contribution is 5.74. The monoisotopic (exact) mass is 216 g/mol. The van der Waals surface area contributed by atoms with Crippen LogP contribution in [0.1, 0.15) is 44.9 Å². The summed E-state index contributed by atoms with van der Waals surface area (Å²) in [7, 11) is 0. The summed E-state index contributed by atoms with van der Waals surface area (Å²) in [6, 6.07) is 6.74. The molecule has 1 aliphatic carbocycles. The van der Waals surface area contributed by atoms with E-state index in [1.165, 1.54) is 27.8 Å². The minimum atomic E-state index is 0. The maximum absolute atomic E-state index is 3.36. The zero-order chi connectivity index (χ0) is 11.4. The lowest BCUT2D eigenvalue weighted by Crippen LogP contribution is -1.83. The summed E-state index contributed by atoms with van der Waals surface area (Å²) in [5.74, 6) is 0. The van der Waals surface area contributed by atoms with Gasteiger partial charge in [-0.05, 0) is 50.8 Å². The van der Waals surface area contributed by atoms with Crippen LogP contribution >= 0.6 is 0 Å². The van der Waals surface area contributed by atoms with E-state index in [-0.39, 0.29) is 7.43 Å². The Labute approximate surface area is 101 Å². The van der Waals surface area contributed by atoms with Gasteiger partial charge in [0.05, 0.1) is 0 Å². The lowest BCUT2D eigenvalue weighted by Gasteiger charge is -2.01. The van der Waals surface area contributed by atoms with Crippen LogP contribution in [0.2, 0.25) is 0 Å². The van der Waals surface area contributed by atoms with Gasteiger partial charge in [0.2, 0.25) is 0 Å². The molecule has 0 fully saturated rings. The van der Waals surface area contributed by atoms with Crippen LogP contribution in [-0.4, -0.2) is 0 Å². The molecule has 0 spiro atoms. The van der Waals surface area contributed by atoms with Gasteiger partial charge in [0.25, 0.3) is 0 Å². The number of fused-ring (bicyclic) bond motifs is 1. The number of hydrogen-bond acceptors (Lipinski definition) is 0. The van der Waals surface area contributed by atoms with Crippen LogP contribution in [0.15, 0.2) is 36.4 Å². The second kappa shape index (κ2) is 6.32. The summed E-state index contributed by atoms with van der Waals surface area (Å²) in [5, 5.41) is 0. The molecule has 0 unspecified atom stereocenters. The van der Waals surface area contributed by atoms with Gasteiger partial charge in [0.1, 0.15) is 0 Å². The van der Waals surface area contributed by atoms with Gasteiger partial charge in [-0.2, -0.15) is 0 Å². The minimum Gasteiger partial charge on any atom is -0.103 e. The highest BCUT2D eigenvalue weighted by Gasteiger charge is 2.14. The fraction of sp³-hybridized carbons (Fsp3) is 0.375. The van der Waals surface area contributed by atoms with Crippen molar-refractivity contribution < 1.29 is 0 Å². The molecule has 1 aromatic carbocycles. The van der Waals surface area contributed by atoms with E-state index in [9.17, 15) is 0 Å². The molecule has 0 radical (unpaired) electrons. The number of rotatable bonds is 0. The molecule has 1 aromatic rings. The first-order chi connectivity index (χ1) is 7.10. The van der Waals surface area contributed by atoms with Gasteiger partial charge in [-0.3, -0.25) is 0 Å². The van der Waals surface area contributed by atoms with Crippen molar-refractivity contribution >= 4 is 5.57 Å². The Morgan fingerprint density at radius 2 is 1.75 bits per heavy atom. The molecule has 0 heterocycles. The van der Waals surface area contributed by atoms with E-state index in [4.69, 9.17) is 0 Å². The second-order valence-corrected chi connectivity index (χ2v) is 4.15. The lowest BCUT2D eigenvalue weighted by atomic mass is 10.0. The van der Waals surface area contributed by atoms with Gasteiger partial charge in [0, 0.05) is 0 Å². The predicted molar refractivity (Wildman–Crippen MR) is 75.8 cm³/mol. The molecular weight excluding hydrogens is 192 g/mol. The number of aryl methyl sites for hydroxylation is 1. The predicted octanol–water partition coefficient (Wildman–Crippen LogP) is 5.17. The Kier molecular flexibility index (Phi) is 5.81. The van der Waals surface area contributed by atoms with E-state index in [0.717, 1.165) is 6.42 Å². The first-order valence-electron chi connectivity index (χ1n) is 5.43. The molecule has 16 heavy (non-hydrogen) atoms. The Balaban J connectivity index is 0.000000511. The van der Waals surface area contributed by atoms with Gasteiger partial charge >= 0.3 is 0 Å². The van der Waals surface area contributed by atoms with Gasteiger partial charge in [0.15, 0.2) is 0 Å². The van der Waals surface area contributed by atoms with Crippen LogP contribution in [0.25, 0.3) is 5.57 Å². The molecule has 0 bridgehead atoms. The van der Waals surface area contributed by atoms with Crippen LogP contribution in [0.5, 0.6) is 0 Å². The Morgan fingerprint density at radius 3 is 2.31 bits per heavy atom. The molecule has 0 amide bonds. The molecule has 0 atom stereocenters. The average Bonchev–Trinajstić information content (AvgIpc) is 2.43. The van der Waals surface area contributed by atoms with E-state index in [1.54, 1.807) is 6.08 Å². The molecule has 0 saturated heterocycles. The SMILES string of the molecule is C.C=CC.CC1=C(C)c2ccc(C)cc2C1. The van der Waals surface area contributed by atoms with E-state index in [1.807, 2.05) is 6.92 Å². The largest absolute Gasteiger partial charge is 0.103 e. The molecule has 1 aliphatic rings. The average molecular weight is 216 g/mol. The van der Waals surface area contributed by atoms with Crippen molar-refractivity contribution in [1.29, 1.82) is 0 Å². The summed E-state index contributed by atoms with van der Waals surface area (Å²) >= 11 is 0. The molecule has 0 saturated carbocycles. The maximum Gasteiger partial charge on any atom is -0.00578 e.